The van der Waals surface area contributed by atoms with Gasteiger partial charge in [-0.15, -0.1) is 0 Å². The van der Waals surface area contributed by atoms with Gasteiger partial charge in [0.2, 0.25) is 0 Å². The van der Waals surface area contributed by atoms with Gasteiger partial charge < -0.3 is 5.11 Å². The number of thioether (sulfide) groups is 1. The first-order chi connectivity index (χ1) is 6.29. The largest absolute Gasteiger partial charge is 0.480 e. The molecule has 0 aromatic heterocycles. The van der Waals surface area contributed by atoms with E-state index in [9.17, 15) is 4.79 Å². The fourth-order valence-electron chi connectivity index (χ4n) is 2.27. The minimum absolute atomic E-state index is 0.191. The molecule has 0 aromatic carbocycles. The third-order valence-corrected chi connectivity index (χ3v) is 4.10. The number of hydrogen-bond acceptors (Lipinski definition) is 3. The van der Waals surface area contributed by atoms with Gasteiger partial charge in [-0.05, 0) is 31.6 Å². The van der Waals surface area contributed by atoms with Crippen molar-refractivity contribution in [3.8, 4) is 0 Å². The molecule has 0 saturated carbocycles. The Hall–Kier alpha value is -0.220. The molecule has 3 nitrogen and oxygen atoms in total. The van der Waals surface area contributed by atoms with Crippen molar-refractivity contribution in [2.24, 2.45) is 0 Å². The molecule has 13 heavy (non-hydrogen) atoms. The molecular weight excluding hydrogens is 186 g/mol. The number of hydrogen-bond donors (Lipinski definition) is 1. The fraction of sp³-hybridized carbons (Fsp3) is 0.889. The van der Waals surface area contributed by atoms with Crippen LogP contribution in [0.1, 0.15) is 19.3 Å². The Balaban J connectivity index is 2.00. The lowest BCUT2D eigenvalue weighted by Gasteiger charge is -2.27. The van der Waals surface area contributed by atoms with Crippen molar-refractivity contribution in [1.82, 2.24) is 4.90 Å². The predicted molar refractivity (Wildman–Crippen MR) is 53.1 cm³/mol. The Morgan fingerprint density at radius 1 is 1.46 bits per heavy atom. The first-order valence-electron chi connectivity index (χ1n) is 4.85. The molecule has 0 amide bonds. The van der Waals surface area contributed by atoms with Crippen LogP contribution in [0.25, 0.3) is 0 Å². The summed E-state index contributed by atoms with van der Waals surface area (Å²) >= 11 is 1.95. The molecule has 0 spiro atoms. The third-order valence-electron chi connectivity index (χ3n) is 2.95. The van der Waals surface area contributed by atoms with E-state index in [0.29, 0.717) is 6.04 Å². The summed E-state index contributed by atoms with van der Waals surface area (Å²) in [6, 6.07) is 0.345. The van der Waals surface area contributed by atoms with Crippen molar-refractivity contribution < 1.29 is 9.90 Å². The summed E-state index contributed by atoms with van der Waals surface area (Å²) in [4.78, 5) is 13.1. The Morgan fingerprint density at radius 3 is 2.92 bits per heavy atom. The van der Waals surface area contributed by atoms with Crippen molar-refractivity contribution in [2.75, 3.05) is 18.1 Å². The molecule has 2 atom stereocenters. The molecule has 2 heterocycles. The van der Waals surface area contributed by atoms with Crippen molar-refractivity contribution in [3.05, 3.63) is 0 Å². The molecule has 1 unspecified atom stereocenters. The number of rotatable bonds is 2. The first kappa shape index (κ1) is 9.34. The van der Waals surface area contributed by atoms with Crippen LogP contribution in [0, 0.1) is 0 Å². The maximum Gasteiger partial charge on any atom is 0.320 e. The Labute approximate surface area is 82.5 Å². The van der Waals surface area contributed by atoms with Crippen LogP contribution in [0.3, 0.4) is 0 Å². The van der Waals surface area contributed by atoms with Gasteiger partial charge in [-0.1, -0.05) is 0 Å². The number of carboxylic acids is 1. The predicted octanol–water partition coefficient (Wildman–Crippen LogP) is 1.04. The SMILES string of the molecule is O=C(O)[C@@H]1CCCN1C1CCSC1. The zero-order valence-corrected chi connectivity index (χ0v) is 8.42. The molecule has 4 heteroatoms. The van der Waals surface area contributed by atoms with Gasteiger partial charge in [0.25, 0.3) is 0 Å². The molecule has 2 fully saturated rings. The van der Waals surface area contributed by atoms with Gasteiger partial charge in [0.05, 0.1) is 0 Å². The van der Waals surface area contributed by atoms with E-state index in [0.717, 1.165) is 25.1 Å². The minimum Gasteiger partial charge on any atom is -0.480 e. The molecule has 0 aromatic rings. The second-order valence-corrected chi connectivity index (χ2v) is 4.90. The zero-order chi connectivity index (χ0) is 9.26. The maximum atomic E-state index is 10.9. The van der Waals surface area contributed by atoms with E-state index in [1.165, 1.54) is 12.2 Å². The van der Waals surface area contributed by atoms with Crippen LogP contribution >= 0.6 is 11.8 Å². The van der Waals surface area contributed by atoms with E-state index in [-0.39, 0.29) is 6.04 Å². The van der Waals surface area contributed by atoms with E-state index in [1.54, 1.807) is 0 Å². The van der Waals surface area contributed by atoms with Gasteiger partial charge in [0.1, 0.15) is 6.04 Å². The highest BCUT2D eigenvalue weighted by molar-refractivity contribution is 7.99. The van der Waals surface area contributed by atoms with Gasteiger partial charge in [0.15, 0.2) is 0 Å². The number of carbonyl (C=O) groups is 1. The standard InChI is InChI=1S/C9H15NO2S/c11-9(12)8-2-1-4-10(8)7-3-5-13-6-7/h7-8H,1-6H2,(H,11,12)/t7?,8-/m0/s1. The van der Waals surface area contributed by atoms with Crippen LogP contribution in [0.15, 0.2) is 0 Å². The van der Waals surface area contributed by atoms with Crippen LogP contribution in [-0.2, 0) is 4.79 Å². The lowest BCUT2D eigenvalue weighted by atomic mass is 10.2. The zero-order valence-electron chi connectivity index (χ0n) is 7.61. The number of nitrogens with zero attached hydrogens (tertiary/aromatic N) is 1. The van der Waals surface area contributed by atoms with Crippen LogP contribution in [0.5, 0.6) is 0 Å². The highest BCUT2D eigenvalue weighted by atomic mass is 32.2. The molecular formula is C9H15NO2S. The van der Waals surface area contributed by atoms with Crippen LogP contribution in [0.2, 0.25) is 0 Å². The lowest BCUT2D eigenvalue weighted by molar-refractivity contribution is -0.142. The van der Waals surface area contributed by atoms with Gasteiger partial charge in [-0.25, -0.2) is 0 Å². The lowest BCUT2D eigenvalue weighted by Crippen LogP contribution is -2.43. The summed E-state index contributed by atoms with van der Waals surface area (Å²) in [5.41, 5.74) is 0. The average molecular weight is 201 g/mol. The number of aliphatic carboxylic acids is 1. The minimum atomic E-state index is -0.630. The highest BCUT2D eigenvalue weighted by Gasteiger charge is 2.36. The number of carboxylic acid groups (broad SMARTS) is 1. The average Bonchev–Trinajstić information content (AvgIpc) is 2.74. The second-order valence-electron chi connectivity index (χ2n) is 3.75. The van der Waals surface area contributed by atoms with Gasteiger partial charge in [-0.2, -0.15) is 11.8 Å². The van der Waals surface area contributed by atoms with E-state index >= 15 is 0 Å². The van der Waals surface area contributed by atoms with Crippen LogP contribution in [-0.4, -0.2) is 46.1 Å². The van der Waals surface area contributed by atoms with Crippen LogP contribution < -0.4 is 0 Å². The fourth-order valence-corrected chi connectivity index (χ4v) is 3.51. The molecule has 2 saturated heterocycles. The van der Waals surface area contributed by atoms with Gasteiger partial charge >= 0.3 is 5.97 Å². The second kappa shape index (κ2) is 3.88. The van der Waals surface area contributed by atoms with Crippen molar-refractivity contribution in [3.63, 3.8) is 0 Å². The van der Waals surface area contributed by atoms with Crippen molar-refractivity contribution >= 4 is 17.7 Å². The normalized spacial score (nSPS) is 35.4. The summed E-state index contributed by atoms with van der Waals surface area (Å²) in [6.45, 7) is 0.988. The first-order valence-corrected chi connectivity index (χ1v) is 6.01. The molecule has 0 radical (unpaired) electrons. The summed E-state index contributed by atoms with van der Waals surface area (Å²) in [6.07, 6.45) is 3.07. The van der Waals surface area contributed by atoms with E-state index in [1.807, 2.05) is 11.8 Å². The molecule has 1 N–H and O–H groups in total. The molecule has 2 rings (SSSR count). The Kier molecular flexibility index (Phi) is 2.79. The molecule has 2 aliphatic heterocycles. The molecule has 0 aliphatic carbocycles. The van der Waals surface area contributed by atoms with Gasteiger partial charge in [-0.3, -0.25) is 9.69 Å². The van der Waals surface area contributed by atoms with E-state index in [4.69, 9.17) is 5.11 Å². The summed E-state index contributed by atoms with van der Waals surface area (Å²) in [5, 5.41) is 9.00. The highest BCUT2D eigenvalue weighted by Crippen LogP contribution is 2.28. The maximum absolute atomic E-state index is 10.9. The van der Waals surface area contributed by atoms with E-state index in [2.05, 4.69) is 4.90 Å². The van der Waals surface area contributed by atoms with Crippen molar-refractivity contribution in [2.45, 2.75) is 31.3 Å². The third kappa shape index (κ3) is 1.83. The molecule has 74 valence electrons. The monoisotopic (exact) mass is 201 g/mol. The quantitative estimate of drug-likeness (QED) is 0.724. The Bertz CT molecular complexity index is 204. The van der Waals surface area contributed by atoms with Crippen LogP contribution in [0.4, 0.5) is 0 Å². The van der Waals surface area contributed by atoms with E-state index < -0.39 is 5.97 Å². The smallest absolute Gasteiger partial charge is 0.320 e. The summed E-state index contributed by atoms with van der Waals surface area (Å²) in [5.74, 6) is 1.70. The number of likely N-dealkylation sites (tertiary alicyclic amines) is 1. The summed E-state index contributed by atoms with van der Waals surface area (Å²) in [7, 11) is 0. The van der Waals surface area contributed by atoms with Gasteiger partial charge in [0, 0.05) is 11.8 Å². The molecule has 2 aliphatic rings. The Morgan fingerprint density at radius 2 is 2.31 bits per heavy atom. The topological polar surface area (TPSA) is 40.5 Å². The molecule has 0 bridgehead atoms. The van der Waals surface area contributed by atoms with Crippen molar-refractivity contribution in [1.29, 1.82) is 0 Å². The summed E-state index contributed by atoms with van der Waals surface area (Å²) < 4.78 is 0.